The molecule has 1 atom stereocenters. The zero-order valence-electron chi connectivity index (χ0n) is 22.4. The van der Waals surface area contributed by atoms with Gasteiger partial charge in [0.2, 0.25) is 0 Å². The van der Waals surface area contributed by atoms with Crippen molar-refractivity contribution in [1.82, 2.24) is 0 Å². The van der Waals surface area contributed by atoms with Crippen molar-refractivity contribution in [3.63, 3.8) is 0 Å². The van der Waals surface area contributed by atoms with Crippen LogP contribution in [0.2, 0.25) is 0 Å². The summed E-state index contributed by atoms with van der Waals surface area (Å²) in [5.41, 5.74) is 3.07. The van der Waals surface area contributed by atoms with Gasteiger partial charge in [-0.25, -0.2) is 4.79 Å². The molecule has 0 aliphatic carbocycles. The fourth-order valence-corrected chi connectivity index (χ4v) is 6.16. The van der Waals surface area contributed by atoms with Crippen LogP contribution >= 0.6 is 0 Å². The first-order valence-corrected chi connectivity index (χ1v) is 13.6. The average molecular weight is 509 g/mol. The van der Waals surface area contributed by atoms with Crippen LogP contribution in [0.25, 0.3) is 0 Å². The minimum absolute atomic E-state index is 0.324. The van der Waals surface area contributed by atoms with E-state index in [1.54, 1.807) is 0 Å². The van der Waals surface area contributed by atoms with E-state index in [-0.39, 0.29) is 5.97 Å². The number of carbonyl (C=O) groups excluding carboxylic acids is 1. The minimum atomic E-state index is -1.08. The minimum Gasteiger partial charge on any atom is -0.456 e. The van der Waals surface area contributed by atoms with Crippen LogP contribution in [-0.4, -0.2) is 37.4 Å². The summed E-state index contributed by atoms with van der Waals surface area (Å²) in [6.07, 6.45) is 3.64. The van der Waals surface area contributed by atoms with Crippen molar-refractivity contribution in [2.45, 2.75) is 63.8 Å². The average Bonchev–Trinajstić information content (AvgIpc) is 3.33. The number of benzene rings is 3. The summed E-state index contributed by atoms with van der Waals surface area (Å²) in [5.74, 6) is 1.02. The molecule has 7 heteroatoms. The lowest BCUT2D eigenvalue weighted by molar-refractivity contribution is 0.00578. The van der Waals surface area contributed by atoms with Crippen molar-refractivity contribution in [3.05, 3.63) is 82.9 Å². The van der Waals surface area contributed by atoms with Gasteiger partial charge in [-0.05, 0) is 76.7 Å². The normalized spacial score (nSPS) is 24.5. The Morgan fingerprint density at radius 3 is 2.16 bits per heavy atom. The van der Waals surface area contributed by atoms with Gasteiger partial charge >= 0.3 is 13.1 Å². The Balaban J connectivity index is 1.38. The first kappa shape index (κ1) is 23.8. The highest BCUT2D eigenvalue weighted by atomic mass is 16.7. The van der Waals surface area contributed by atoms with Crippen molar-refractivity contribution in [3.8, 4) is 11.5 Å². The molecule has 4 heterocycles. The fourth-order valence-electron chi connectivity index (χ4n) is 6.16. The van der Waals surface area contributed by atoms with Crippen LogP contribution in [0.5, 0.6) is 11.5 Å². The van der Waals surface area contributed by atoms with Crippen molar-refractivity contribution < 1.29 is 23.6 Å². The van der Waals surface area contributed by atoms with Gasteiger partial charge in [0.05, 0.1) is 16.8 Å². The fraction of sp³-hybridized carbons (Fsp3) is 0.387. The van der Waals surface area contributed by atoms with Gasteiger partial charge in [-0.2, -0.15) is 0 Å². The van der Waals surface area contributed by atoms with Crippen molar-refractivity contribution in [2.75, 3.05) is 18.0 Å². The van der Waals surface area contributed by atoms with Crippen molar-refractivity contribution >= 4 is 24.2 Å². The van der Waals surface area contributed by atoms with E-state index in [2.05, 4.69) is 23.1 Å². The molecule has 3 aromatic carbocycles. The molecular weight excluding hydrogens is 477 g/mol. The molecule has 0 saturated carbocycles. The van der Waals surface area contributed by atoms with E-state index in [1.807, 2.05) is 70.2 Å². The maximum Gasteiger partial charge on any atom is 0.494 e. The molecule has 0 aromatic heterocycles. The van der Waals surface area contributed by atoms with Gasteiger partial charge in [0, 0.05) is 41.5 Å². The van der Waals surface area contributed by atoms with E-state index in [0.717, 1.165) is 40.9 Å². The van der Waals surface area contributed by atoms with E-state index in [0.29, 0.717) is 17.1 Å². The van der Waals surface area contributed by atoms with Gasteiger partial charge in [-0.3, -0.25) is 0 Å². The van der Waals surface area contributed by atoms with Crippen molar-refractivity contribution in [1.29, 1.82) is 0 Å². The Morgan fingerprint density at radius 1 is 0.763 bits per heavy atom. The Bertz CT molecular complexity index is 1440. The molecule has 4 aliphatic rings. The van der Waals surface area contributed by atoms with E-state index >= 15 is 0 Å². The van der Waals surface area contributed by atoms with E-state index < -0.39 is 23.9 Å². The smallest absolute Gasteiger partial charge is 0.456 e. The first-order valence-electron chi connectivity index (χ1n) is 13.6. The number of hydrogen-bond donors (Lipinski definition) is 0. The van der Waals surface area contributed by atoms with Gasteiger partial charge in [-0.15, -0.1) is 0 Å². The van der Waals surface area contributed by atoms with Gasteiger partial charge in [0.1, 0.15) is 11.5 Å². The molecule has 0 amide bonds. The maximum atomic E-state index is 13.2. The molecule has 7 rings (SSSR count). The summed E-state index contributed by atoms with van der Waals surface area (Å²) in [5, 5.41) is 0. The second-order valence-corrected chi connectivity index (χ2v) is 11.8. The van der Waals surface area contributed by atoms with Gasteiger partial charge in [0.25, 0.3) is 0 Å². The number of anilines is 1. The van der Waals surface area contributed by atoms with Gasteiger partial charge < -0.3 is 23.7 Å². The Kier molecular flexibility index (Phi) is 5.08. The Morgan fingerprint density at radius 2 is 1.42 bits per heavy atom. The summed E-state index contributed by atoms with van der Waals surface area (Å²) in [7, 11) is -0.524. The molecule has 38 heavy (non-hydrogen) atoms. The lowest BCUT2D eigenvalue weighted by Gasteiger charge is -2.38. The highest BCUT2D eigenvalue weighted by molar-refractivity contribution is 6.62. The van der Waals surface area contributed by atoms with Crippen LogP contribution in [0.3, 0.4) is 0 Å². The summed E-state index contributed by atoms with van der Waals surface area (Å²) < 4.78 is 25.6. The zero-order chi connectivity index (χ0) is 26.3. The number of carbonyl (C=O) groups is 1. The zero-order valence-corrected chi connectivity index (χ0v) is 22.4. The second-order valence-electron chi connectivity index (χ2n) is 11.8. The van der Waals surface area contributed by atoms with Crippen LogP contribution in [0.4, 0.5) is 5.69 Å². The van der Waals surface area contributed by atoms with Gasteiger partial charge in [-0.1, -0.05) is 30.3 Å². The first-order chi connectivity index (χ1) is 18.2. The third-order valence-corrected chi connectivity index (χ3v) is 8.97. The number of nitrogens with zero attached hydrogens (tertiary/aromatic N) is 1. The van der Waals surface area contributed by atoms with Gasteiger partial charge in [0.15, 0.2) is 5.60 Å². The standard InChI is InChI=1S/C31H32BNO5/c1-29(2)30(3,4)38-32(37-29)20-12-14-24-26(18-20)35-27-19-21(33-16-8-5-9-17-33)13-15-25(27)31(24)23-11-7-6-10-22(23)28(34)36-31/h6-7,10-15,18-19H,5,8-9,16-17H2,1-4H3. The molecule has 2 fully saturated rings. The van der Waals surface area contributed by atoms with Crippen LogP contribution in [-0.2, 0) is 19.6 Å². The number of ether oxygens (including phenoxy) is 2. The monoisotopic (exact) mass is 509 g/mol. The molecule has 6 nitrogen and oxygen atoms in total. The summed E-state index contributed by atoms with van der Waals surface area (Å²) in [4.78, 5) is 15.6. The molecule has 2 saturated heterocycles. The number of fused-ring (bicyclic) bond motifs is 6. The summed E-state index contributed by atoms with van der Waals surface area (Å²) in [6, 6.07) is 19.9. The van der Waals surface area contributed by atoms with Crippen molar-refractivity contribution in [2.24, 2.45) is 0 Å². The van der Waals surface area contributed by atoms with E-state index in [1.165, 1.54) is 19.3 Å². The number of esters is 1. The topological polar surface area (TPSA) is 57.2 Å². The predicted octanol–water partition coefficient (Wildman–Crippen LogP) is 5.54. The maximum absolute atomic E-state index is 13.2. The lowest BCUT2D eigenvalue weighted by atomic mass is 9.74. The van der Waals surface area contributed by atoms with Crippen LogP contribution < -0.4 is 15.1 Å². The SMILES string of the molecule is CC1(C)OB(c2ccc3c(c2)Oc2cc(N4CCCCC4)ccc2C32OC(=O)c3ccccc32)OC1(C)C. The Labute approximate surface area is 224 Å². The highest BCUT2D eigenvalue weighted by Crippen LogP contribution is 2.56. The van der Waals surface area contributed by atoms with Crippen LogP contribution in [0.15, 0.2) is 60.7 Å². The summed E-state index contributed by atoms with van der Waals surface area (Å²) >= 11 is 0. The quantitative estimate of drug-likeness (QED) is 0.334. The molecule has 4 aliphatic heterocycles. The molecule has 3 aromatic rings. The largest absolute Gasteiger partial charge is 0.494 e. The third kappa shape index (κ3) is 3.31. The third-order valence-electron chi connectivity index (χ3n) is 8.97. The molecule has 0 radical (unpaired) electrons. The Hall–Kier alpha value is -3.29. The molecular formula is C31H32BNO5. The van der Waals surface area contributed by atoms with Crippen LogP contribution in [0.1, 0.15) is 74.0 Å². The number of rotatable bonds is 2. The lowest BCUT2D eigenvalue weighted by Crippen LogP contribution is -2.41. The number of piperidine rings is 1. The van der Waals surface area contributed by atoms with Crippen LogP contribution in [0, 0.1) is 0 Å². The number of hydrogen-bond acceptors (Lipinski definition) is 6. The molecule has 1 unspecified atom stereocenters. The molecule has 0 N–H and O–H groups in total. The highest BCUT2D eigenvalue weighted by Gasteiger charge is 2.55. The predicted molar refractivity (Wildman–Crippen MR) is 146 cm³/mol. The second kappa shape index (κ2) is 8.11. The molecule has 0 bridgehead atoms. The molecule has 1 spiro atoms. The van der Waals surface area contributed by atoms with E-state index in [9.17, 15) is 4.79 Å². The molecule has 194 valence electrons. The summed E-state index contributed by atoms with van der Waals surface area (Å²) in [6.45, 7) is 10.2. The van der Waals surface area contributed by atoms with E-state index in [4.69, 9.17) is 18.8 Å².